The number of nitrogens with zero attached hydrogens (tertiary/aromatic N) is 1. The average Bonchev–Trinajstić information content (AvgIpc) is 3.22. The number of carbonyl (C=O) groups is 1. The Labute approximate surface area is 133 Å². The van der Waals surface area contributed by atoms with Gasteiger partial charge in [0.25, 0.3) is 5.56 Å². The van der Waals surface area contributed by atoms with E-state index < -0.39 is 0 Å². The van der Waals surface area contributed by atoms with E-state index in [-0.39, 0.29) is 35.7 Å². The lowest BCUT2D eigenvalue weighted by atomic mass is 10.1. The fourth-order valence-electron chi connectivity index (χ4n) is 2.81. The smallest absolute Gasteiger partial charge is 0.254 e. The van der Waals surface area contributed by atoms with E-state index in [2.05, 4.69) is 15.3 Å². The SMILES string of the molecule is Cc1nc(C)c(CC(=O)N[C@@H]2C[C@@H]2c2ccc(F)cc2)c(=O)[nH]1. The second kappa shape index (κ2) is 5.95. The summed E-state index contributed by atoms with van der Waals surface area (Å²) in [4.78, 5) is 30.8. The molecule has 0 spiro atoms. The first-order chi connectivity index (χ1) is 10.9. The van der Waals surface area contributed by atoms with Crippen LogP contribution in [-0.2, 0) is 11.2 Å². The Hall–Kier alpha value is -2.50. The van der Waals surface area contributed by atoms with Gasteiger partial charge in [0.2, 0.25) is 5.91 Å². The van der Waals surface area contributed by atoms with E-state index in [4.69, 9.17) is 0 Å². The zero-order chi connectivity index (χ0) is 16.6. The number of halogens is 1. The third-order valence-electron chi connectivity index (χ3n) is 4.11. The molecule has 2 N–H and O–H groups in total. The Morgan fingerprint density at radius 2 is 2.04 bits per heavy atom. The maximum atomic E-state index is 12.9. The van der Waals surface area contributed by atoms with E-state index in [1.54, 1.807) is 26.0 Å². The summed E-state index contributed by atoms with van der Waals surface area (Å²) < 4.78 is 12.9. The molecule has 0 radical (unpaired) electrons. The predicted molar refractivity (Wildman–Crippen MR) is 83.7 cm³/mol. The molecule has 2 atom stereocenters. The van der Waals surface area contributed by atoms with Gasteiger partial charge in [-0.05, 0) is 38.0 Å². The molecule has 0 aliphatic heterocycles. The number of rotatable bonds is 4. The molecule has 120 valence electrons. The Balaban J connectivity index is 1.61. The van der Waals surface area contributed by atoms with Crippen molar-refractivity contribution >= 4 is 5.91 Å². The molecule has 23 heavy (non-hydrogen) atoms. The first-order valence-electron chi connectivity index (χ1n) is 7.55. The van der Waals surface area contributed by atoms with Gasteiger partial charge in [-0.2, -0.15) is 0 Å². The van der Waals surface area contributed by atoms with Crippen LogP contribution < -0.4 is 10.9 Å². The van der Waals surface area contributed by atoms with E-state index in [1.165, 1.54) is 12.1 Å². The standard InChI is InChI=1S/C17H18FN3O2/c1-9-13(17(23)20-10(2)19-9)8-16(22)21-15-7-14(15)11-3-5-12(18)6-4-11/h3-6,14-15H,7-8H2,1-2H3,(H,21,22)(H,19,20,23)/t14-,15-/m1/s1. The van der Waals surface area contributed by atoms with E-state index in [1.807, 2.05) is 0 Å². The summed E-state index contributed by atoms with van der Waals surface area (Å²) in [6.07, 6.45) is 0.847. The molecule has 1 aromatic heterocycles. The zero-order valence-corrected chi connectivity index (χ0v) is 13.0. The monoisotopic (exact) mass is 315 g/mol. The molecule has 5 nitrogen and oxygen atoms in total. The topological polar surface area (TPSA) is 74.8 Å². The summed E-state index contributed by atoms with van der Waals surface area (Å²) in [5.41, 5.74) is 1.72. The quantitative estimate of drug-likeness (QED) is 0.902. The van der Waals surface area contributed by atoms with Gasteiger partial charge in [-0.15, -0.1) is 0 Å². The molecule has 1 aliphatic carbocycles. The average molecular weight is 315 g/mol. The molecule has 1 amide bonds. The fraction of sp³-hybridized carbons (Fsp3) is 0.353. The zero-order valence-electron chi connectivity index (χ0n) is 13.0. The number of nitrogens with one attached hydrogen (secondary N) is 2. The van der Waals surface area contributed by atoms with Crippen LogP contribution in [0.3, 0.4) is 0 Å². The van der Waals surface area contributed by atoms with E-state index in [0.717, 1.165) is 12.0 Å². The van der Waals surface area contributed by atoms with E-state index >= 15 is 0 Å². The van der Waals surface area contributed by atoms with Gasteiger partial charge in [0, 0.05) is 23.2 Å². The lowest BCUT2D eigenvalue weighted by molar-refractivity contribution is -0.120. The number of aromatic nitrogens is 2. The highest BCUT2D eigenvalue weighted by atomic mass is 19.1. The molecule has 1 aromatic carbocycles. The summed E-state index contributed by atoms with van der Waals surface area (Å²) in [5, 5.41) is 2.92. The molecular weight excluding hydrogens is 297 g/mol. The first-order valence-corrected chi connectivity index (χ1v) is 7.55. The van der Waals surface area contributed by atoms with Crippen LogP contribution >= 0.6 is 0 Å². The third kappa shape index (κ3) is 3.47. The second-order valence-electron chi connectivity index (χ2n) is 5.96. The Morgan fingerprint density at radius 1 is 1.35 bits per heavy atom. The maximum absolute atomic E-state index is 12.9. The molecule has 1 saturated carbocycles. The molecule has 1 heterocycles. The van der Waals surface area contributed by atoms with Crippen molar-refractivity contribution in [3.05, 3.63) is 63.1 Å². The van der Waals surface area contributed by atoms with Crippen molar-refractivity contribution in [1.29, 1.82) is 0 Å². The van der Waals surface area contributed by atoms with Gasteiger partial charge in [-0.25, -0.2) is 9.37 Å². The Kier molecular flexibility index (Phi) is 3.98. The van der Waals surface area contributed by atoms with Crippen molar-refractivity contribution in [2.45, 2.75) is 38.6 Å². The summed E-state index contributed by atoms with van der Waals surface area (Å²) in [6, 6.07) is 6.38. The van der Waals surface area contributed by atoms with Crippen molar-refractivity contribution in [3.63, 3.8) is 0 Å². The number of H-pyrrole nitrogens is 1. The van der Waals surface area contributed by atoms with Crippen molar-refractivity contribution in [1.82, 2.24) is 15.3 Å². The Bertz CT molecular complexity index is 798. The van der Waals surface area contributed by atoms with Gasteiger partial charge in [-0.3, -0.25) is 9.59 Å². The lowest BCUT2D eigenvalue weighted by Gasteiger charge is -2.07. The normalized spacial score (nSPS) is 19.4. The van der Waals surface area contributed by atoms with E-state index in [0.29, 0.717) is 17.1 Å². The van der Waals surface area contributed by atoms with Crippen LogP contribution in [-0.4, -0.2) is 21.9 Å². The predicted octanol–water partition coefficient (Wildman–Crippen LogP) is 1.74. The molecule has 3 rings (SSSR count). The highest BCUT2D eigenvalue weighted by Crippen LogP contribution is 2.40. The van der Waals surface area contributed by atoms with Crippen LogP contribution in [0.5, 0.6) is 0 Å². The molecule has 1 fully saturated rings. The third-order valence-corrected chi connectivity index (χ3v) is 4.11. The highest BCUT2D eigenvalue weighted by molar-refractivity contribution is 5.79. The van der Waals surface area contributed by atoms with Gasteiger partial charge < -0.3 is 10.3 Å². The number of aryl methyl sites for hydroxylation is 2. The number of benzene rings is 1. The fourth-order valence-corrected chi connectivity index (χ4v) is 2.81. The minimum atomic E-state index is -0.268. The molecular formula is C17H18FN3O2. The number of carbonyl (C=O) groups excluding carboxylic acids is 1. The van der Waals surface area contributed by atoms with Crippen LogP contribution in [0, 0.1) is 19.7 Å². The minimum absolute atomic E-state index is 0.0150. The van der Waals surface area contributed by atoms with Crippen LogP contribution in [0.1, 0.15) is 35.0 Å². The summed E-state index contributed by atoms with van der Waals surface area (Å²) in [5.74, 6) is 0.292. The van der Waals surface area contributed by atoms with Crippen molar-refractivity contribution in [2.24, 2.45) is 0 Å². The Morgan fingerprint density at radius 3 is 2.70 bits per heavy atom. The molecule has 0 unspecified atom stereocenters. The molecule has 0 bridgehead atoms. The summed E-state index contributed by atoms with van der Waals surface area (Å²) >= 11 is 0. The van der Waals surface area contributed by atoms with Crippen LogP contribution in [0.25, 0.3) is 0 Å². The lowest BCUT2D eigenvalue weighted by Crippen LogP contribution is -2.31. The van der Waals surface area contributed by atoms with Crippen LogP contribution in [0.4, 0.5) is 4.39 Å². The summed E-state index contributed by atoms with van der Waals surface area (Å²) in [7, 11) is 0. The summed E-state index contributed by atoms with van der Waals surface area (Å²) in [6.45, 7) is 3.43. The largest absolute Gasteiger partial charge is 0.352 e. The second-order valence-corrected chi connectivity index (χ2v) is 5.96. The van der Waals surface area contributed by atoms with Gasteiger partial charge in [0.15, 0.2) is 0 Å². The molecule has 1 aliphatic rings. The first kappa shape index (κ1) is 15.4. The van der Waals surface area contributed by atoms with Gasteiger partial charge in [-0.1, -0.05) is 12.1 Å². The maximum Gasteiger partial charge on any atom is 0.254 e. The number of amides is 1. The van der Waals surface area contributed by atoms with Gasteiger partial charge in [0.1, 0.15) is 11.6 Å². The molecule has 2 aromatic rings. The molecule has 0 saturated heterocycles. The van der Waals surface area contributed by atoms with E-state index in [9.17, 15) is 14.0 Å². The highest BCUT2D eigenvalue weighted by Gasteiger charge is 2.39. The number of aromatic amines is 1. The van der Waals surface area contributed by atoms with Crippen LogP contribution in [0.2, 0.25) is 0 Å². The van der Waals surface area contributed by atoms with Crippen molar-refractivity contribution < 1.29 is 9.18 Å². The van der Waals surface area contributed by atoms with Crippen LogP contribution in [0.15, 0.2) is 29.1 Å². The molecule has 6 heteroatoms. The van der Waals surface area contributed by atoms with Gasteiger partial charge >= 0.3 is 0 Å². The van der Waals surface area contributed by atoms with Crippen molar-refractivity contribution in [2.75, 3.05) is 0 Å². The van der Waals surface area contributed by atoms with Gasteiger partial charge in [0.05, 0.1) is 6.42 Å². The number of hydrogen-bond acceptors (Lipinski definition) is 3. The minimum Gasteiger partial charge on any atom is -0.352 e. The number of hydrogen-bond donors (Lipinski definition) is 2. The van der Waals surface area contributed by atoms with Crippen molar-refractivity contribution in [3.8, 4) is 0 Å².